The van der Waals surface area contributed by atoms with Gasteiger partial charge in [-0.3, -0.25) is 4.79 Å². The Kier molecular flexibility index (Phi) is 17.7. The molecule has 0 unspecified atom stereocenters. The molecule has 0 aromatic heterocycles. The van der Waals surface area contributed by atoms with Gasteiger partial charge in [0.05, 0.1) is 19.8 Å². The molecule has 5 heteroatoms. The number of hydrogen-bond acceptors (Lipinski definition) is 5. The van der Waals surface area contributed by atoms with Gasteiger partial charge in [0.1, 0.15) is 0 Å². The average molecular weight is 222 g/mol. The van der Waals surface area contributed by atoms with E-state index in [1.165, 1.54) is 0 Å². The van der Waals surface area contributed by atoms with Crippen LogP contribution >= 0.6 is 0 Å². The molecular formula is C10H22O5. The van der Waals surface area contributed by atoms with Crippen molar-refractivity contribution in [3.63, 3.8) is 0 Å². The van der Waals surface area contributed by atoms with E-state index in [2.05, 4.69) is 4.74 Å². The Morgan fingerprint density at radius 3 is 1.87 bits per heavy atom. The zero-order valence-corrected chi connectivity index (χ0v) is 9.57. The zero-order valence-electron chi connectivity index (χ0n) is 9.57. The molecule has 0 saturated carbocycles. The van der Waals surface area contributed by atoms with Crippen molar-refractivity contribution in [2.45, 2.75) is 26.7 Å². The summed E-state index contributed by atoms with van der Waals surface area (Å²) in [6.07, 6.45) is 1.54. The van der Waals surface area contributed by atoms with Gasteiger partial charge in [-0.15, -0.1) is 0 Å². The number of rotatable bonds is 3. The summed E-state index contributed by atoms with van der Waals surface area (Å²) in [4.78, 5) is 10.0. The van der Waals surface area contributed by atoms with Crippen molar-refractivity contribution in [3.05, 3.63) is 0 Å². The summed E-state index contributed by atoms with van der Waals surface area (Å²) >= 11 is 0. The van der Waals surface area contributed by atoms with Gasteiger partial charge in [0.25, 0.3) is 0 Å². The highest BCUT2D eigenvalue weighted by atomic mass is 16.5. The second-order valence-electron chi connectivity index (χ2n) is 2.55. The van der Waals surface area contributed by atoms with Gasteiger partial charge < -0.3 is 19.7 Å². The Morgan fingerprint density at radius 2 is 1.80 bits per heavy atom. The quantitative estimate of drug-likeness (QED) is 0.673. The van der Waals surface area contributed by atoms with Crippen molar-refractivity contribution in [1.82, 2.24) is 0 Å². The zero-order chi connectivity index (χ0) is 11.9. The van der Waals surface area contributed by atoms with Crippen LogP contribution < -0.4 is 0 Å². The van der Waals surface area contributed by atoms with Gasteiger partial charge in [-0.05, 0) is 20.3 Å². The molecule has 0 aromatic carbocycles. The number of esters is 1. The summed E-state index contributed by atoms with van der Waals surface area (Å²) < 4.78 is 9.35. The number of cyclic esters (lactones) is 1. The first-order chi connectivity index (χ1) is 7.22. The van der Waals surface area contributed by atoms with Crippen molar-refractivity contribution < 1.29 is 24.5 Å². The van der Waals surface area contributed by atoms with Crippen LogP contribution in [0.3, 0.4) is 0 Å². The predicted octanol–water partition coefficient (Wildman–Crippen LogP) is 0.337. The minimum Gasteiger partial charge on any atom is -0.466 e. The van der Waals surface area contributed by atoms with Crippen LogP contribution in [0.15, 0.2) is 0 Å². The predicted molar refractivity (Wildman–Crippen MR) is 56.5 cm³/mol. The fourth-order valence-electron chi connectivity index (χ4n) is 0.679. The van der Waals surface area contributed by atoms with Crippen molar-refractivity contribution in [1.29, 1.82) is 0 Å². The minimum absolute atomic E-state index is 0.0463. The molecule has 0 aromatic rings. The second-order valence-corrected chi connectivity index (χ2v) is 2.55. The third-order valence-electron chi connectivity index (χ3n) is 1.30. The number of carbonyl (C=O) groups excluding carboxylic acids is 1. The SMILES string of the molecule is CCOCC.O=C1CCCO1.OCCO. The lowest BCUT2D eigenvalue weighted by Crippen LogP contribution is -1.88. The first-order valence-electron chi connectivity index (χ1n) is 5.17. The Labute approximate surface area is 91.0 Å². The van der Waals surface area contributed by atoms with Crippen molar-refractivity contribution in [3.8, 4) is 0 Å². The van der Waals surface area contributed by atoms with Crippen LogP contribution in [0.2, 0.25) is 0 Å². The molecule has 1 rings (SSSR count). The molecule has 0 spiro atoms. The summed E-state index contributed by atoms with van der Waals surface area (Å²) in [6.45, 7) is 6.05. The molecule has 2 N–H and O–H groups in total. The second kappa shape index (κ2) is 15.8. The van der Waals surface area contributed by atoms with E-state index in [0.29, 0.717) is 13.0 Å². The first kappa shape index (κ1) is 16.8. The van der Waals surface area contributed by atoms with E-state index in [-0.39, 0.29) is 19.2 Å². The fourth-order valence-corrected chi connectivity index (χ4v) is 0.679. The maximum Gasteiger partial charge on any atom is 0.305 e. The molecular weight excluding hydrogens is 200 g/mol. The van der Waals surface area contributed by atoms with Crippen LogP contribution in [-0.2, 0) is 14.3 Å². The summed E-state index contributed by atoms with van der Waals surface area (Å²) in [5, 5.41) is 15.2. The van der Waals surface area contributed by atoms with Crippen LogP contribution in [0.25, 0.3) is 0 Å². The number of aliphatic hydroxyl groups excluding tert-OH is 2. The normalized spacial score (nSPS) is 13.2. The lowest BCUT2D eigenvalue weighted by Gasteiger charge is -1.86. The lowest BCUT2D eigenvalue weighted by molar-refractivity contribution is -0.137. The Hall–Kier alpha value is -0.650. The molecule has 15 heavy (non-hydrogen) atoms. The van der Waals surface area contributed by atoms with Gasteiger partial charge in [-0.2, -0.15) is 0 Å². The van der Waals surface area contributed by atoms with Crippen molar-refractivity contribution in [2.24, 2.45) is 0 Å². The van der Waals surface area contributed by atoms with E-state index in [9.17, 15) is 4.79 Å². The number of aliphatic hydroxyl groups is 2. The summed E-state index contributed by atoms with van der Waals surface area (Å²) in [6, 6.07) is 0. The third kappa shape index (κ3) is 19.7. The molecule has 5 nitrogen and oxygen atoms in total. The van der Waals surface area contributed by atoms with E-state index in [4.69, 9.17) is 14.9 Å². The van der Waals surface area contributed by atoms with E-state index >= 15 is 0 Å². The molecule has 0 aliphatic carbocycles. The third-order valence-corrected chi connectivity index (χ3v) is 1.30. The Bertz CT molecular complexity index is 115. The topological polar surface area (TPSA) is 76.0 Å². The molecule has 92 valence electrons. The highest BCUT2D eigenvalue weighted by molar-refractivity contribution is 5.70. The maximum absolute atomic E-state index is 10.0. The largest absolute Gasteiger partial charge is 0.466 e. The van der Waals surface area contributed by atoms with E-state index in [1.54, 1.807) is 0 Å². The molecule has 0 radical (unpaired) electrons. The fraction of sp³-hybridized carbons (Fsp3) is 0.900. The van der Waals surface area contributed by atoms with Crippen molar-refractivity contribution >= 4 is 5.97 Å². The van der Waals surface area contributed by atoms with Crippen LogP contribution in [0.5, 0.6) is 0 Å². The maximum atomic E-state index is 10.0. The molecule has 0 bridgehead atoms. The molecule has 1 aliphatic rings. The first-order valence-corrected chi connectivity index (χ1v) is 5.17. The summed E-state index contributed by atoms with van der Waals surface area (Å²) in [7, 11) is 0. The highest BCUT2D eigenvalue weighted by Crippen LogP contribution is 2.01. The van der Waals surface area contributed by atoms with Gasteiger partial charge in [-0.25, -0.2) is 0 Å². The van der Waals surface area contributed by atoms with Crippen LogP contribution in [0, 0.1) is 0 Å². The Morgan fingerprint density at radius 1 is 1.27 bits per heavy atom. The van der Waals surface area contributed by atoms with Crippen LogP contribution in [0.4, 0.5) is 0 Å². The molecule has 0 amide bonds. The number of hydrogen-bond donors (Lipinski definition) is 2. The van der Waals surface area contributed by atoms with Gasteiger partial charge in [-0.1, -0.05) is 0 Å². The van der Waals surface area contributed by atoms with Gasteiger partial charge >= 0.3 is 5.97 Å². The van der Waals surface area contributed by atoms with Gasteiger partial charge in [0.2, 0.25) is 0 Å². The van der Waals surface area contributed by atoms with Crippen molar-refractivity contribution in [2.75, 3.05) is 33.0 Å². The Balaban J connectivity index is 0. The lowest BCUT2D eigenvalue weighted by atomic mass is 10.4. The molecule has 0 atom stereocenters. The van der Waals surface area contributed by atoms with Gasteiger partial charge in [0.15, 0.2) is 0 Å². The smallest absolute Gasteiger partial charge is 0.305 e. The molecule has 1 fully saturated rings. The monoisotopic (exact) mass is 222 g/mol. The standard InChI is InChI=1S/C4H6O2.C4H10O.C2H6O2/c5-4-2-1-3-6-4;1-3-5-4-2;3-1-2-4/h1-3H2;3-4H2,1-2H3;3-4H,1-2H2. The van der Waals surface area contributed by atoms with Gasteiger partial charge in [0, 0.05) is 19.6 Å². The van der Waals surface area contributed by atoms with E-state index in [1.807, 2.05) is 13.8 Å². The van der Waals surface area contributed by atoms with E-state index < -0.39 is 0 Å². The summed E-state index contributed by atoms with van der Waals surface area (Å²) in [5.74, 6) is -0.0463. The minimum atomic E-state index is -0.125. The summed E-state index contributed by atoms with van der Waals surface area (Å²) in [5.41, 5.74) is 0. The van der Waals surface area contributed by atoms with Crippen LogP contribution in [0.1, 0.15) is 26.7 Å². The number of carbonyl (C=O) groups is 1. The molecule has 1 aliphatic heterocycles. The molecule has 1 heterocycles. The van der Waals surface area contributed by atoms with E-state index in [0.717, 1.165) is 19.6 Å². The molecule has 1 saturated heterocycles. The average Bonchev–Trinajstić information content (AvgIpc) is 2.72. The van der Waals surface area contributed by atoms with Crippen LogP contribution in [-0.4, -0.2) is 49.2 Å². The number of ether oxygens (including phenoxy) is 2. The highest BCUT2D eigenvalue weighted by Gasteiger charge is 2.08.